The van der Waals surface area contributed by atoms with Crippen molar-refractivity contribution < 1.29 is 4.74 Å². The predicted octanol–water partition coefficient (Wildman–Crippen LogP) is 2.99. The van der Waals surface area contributed by atoms with Gasteiger partial charge < -0.3 is 4.74 Å². The Morgan fingerprint density at radius 2 is 1.79 bits per heavy atom. The summed E-state index contributed by atoms with van der Waals surface area (Å²) in [5.41, 5.74) is 4.34. The zero-order chi connectivity index (χ0) is 9.80. The zero-order valence-corrected chi connectivity index (χ0v) is 10.2. The van der Waals surface area contributed by atoms with Gasteiger partial charge in [0.1, 0.15) is 0 Å². The minimum atomic E-state index is 0.827. The fraction of sp³-hybridized carbons (Fsp3) is 0.333. The van der Waals surface area contributed by atoms with Gasteiger partial charge in [0.2, 0.25) is 0 Å². The van der Waals surface area contributed by atoms with Crippen LogP contribution in [-0.4, -0.2) is 17.6 Å². The Labute approximate surface area is 98.3 Å². The third kappa shape index (κ3) is 2.36. The summed E-state index contributed by atoms with van der Waals surface area (Å²) in [6, 6.07) is 10.6. The fourth-order valence-electron chi connectivity index (χ4n) is 1.65. The van der Waals surface area contributed by atoms with Crippen LogP contribution >= 0.6 is 22.6 Å². The maximum absolute atomic E-state index is 5.45. The molecule has 0 aromatic heterocycles. The molecule has 74 valence electrons. The van der Waals surface area contributed by atoms with Gasteiger partial charge in [-0.05, 0) is 23.1 Å². The molecule has 0 saturated carbocycles. The van der Waals surface area contributed by atoms with Crippen LogP contribution in [0.15, 0.2) is 41.5 Å². The second kappa shape index (κ2) is 4.94. The van der Waals surface area contributed by atoms with Crippen molar-refractivity contribution in [2.45, 2.75) is 6.42 Å². The molecule has 0 bridgehead atoms. The highest BCUT2D eigenvalue weighted by atomic mass is 127. The third-order valence-electron chi connectivity index (χ3n) is 2.47. The van der Waals surface area contributed by atoms with E-state index in [4.69, 9.17) is 4.74 Å². The van der Waals surface area contributed by atoms with Gasteiger partial charge >= 0.3 is 0 Å². The Morgan fingerprint density at radius 1 is 1.07 bits per heavy atom. The van der Waals surface area contributed by atoms with E-state index in [0.717, 1.165) is 24.1 Å². The molecule has 14 heavy (non-hydrogen) atoms. The van der Waals surface area contributed by atoms with E-state index in [1.807, 2.05) is 0 Å². The van der Waals surface area contributed by atoms with E-state index < -0.39 is 0 Å². The molecule has 1 aromatic carbocycles. The van der Waals surface area contributed by atoms with E-state index in [-0.39, 0.29) is 0 Å². The smallest absolute Gasteiger partial charge is 0.0692 e. The quantitative estimate of drug-likeness (QED) is 0.474. The van der Waals surface area contributed by atoms with Crippen LogP contribution < -0.4 is 0 Å². The van der Waals surface area contributed by atoms with Crippen LogP contribution in [0.3, 0.4) is 0 Å². The number of halogens is 1. The van der Waals surface area contributed by atoms with Crippen molar-refractivity contribution >= 4 is 22.6 Å². The lowest BCUT2D eigenvalue weighted by atomic mass is 10.0. The highest BCUT2D eigenvalue weighted by molar-refractivity contribution is 14.1. The average Bonchev–Trinajstić information content (AvgIpc) is 2.67. The van der Waals surface area contributed by atoms with Crippen LogP contribution in [-0.2, 0) is 11.2 Å². The van der Waals surface area contributed by atoms with E-state index in [1.165, 1.54) is 16.7 Å². The van der Waals surface area contributed by atoms with Gasteiger partial charge in [-0.1, -0.05) is 52.9 Å². The molecule has 1 aliphatic rings. The molecule has 1 aliphatic heterocycles. The zero-order valence-electron chi connectivity index (χ0n) is 8.00. The lowest BCUT2D eigenvalue weighted by Crippen LogP contribution is -1.95. The normalized spacial score (nSPS) is 16.4. The summed E-state index contributed by atoms with van der Waals surface area (Å²) in [5.74, 6) is 0. The van der Waals surface area contributed by atoms with Gasteiger partial charge in [0, 0.05) is 4.43 Å². The summed E-state index contributed by atoms with van der Waals surface area (Å²) in [6.45, 7) is 1.67. The van der Waals surface area contributed by atoms with Crippen LogP contribution in [0.2, 0.25) is 0 Å². The van der Waals surface area contributed by atoms with Crippen molar-refractivity contribution in [1.82, 2.24) is 0 Å². The summed E-state index contributed by atoms with van der Waals surface area (Å²) in [7, 11) is 0. The van der Waals surface area contributed by atoms with Crippen molar-refractivity contribution in [2.24, 2.45) is 0 Å². The molecular weight excluding hydrogens is 287 g/mol. The molecule has 1 aromatic rings. The van der Waals surface area contributed by atoms with Crippen LogP contribution in [0.1, 0.15) is 5.56 Å². The molecule has 0 N–H and O–H groups in total. The maximum Gasteiger partial charge on any atom is 0.0692 e. The Bertz CT molecular complexity index is 329. The predicted molar refractivity (Wildman–Crippen MR) is 66.9 cm³/mol. The van der Waals surface area contributed by atoms with Gasteiger partial charge in [0.25, 0.3) is 0 Å². The van der Waals surface area contributed by atoms with Gasteiger partial charge in [-0.15, -0.1) is 0 Å². The summed E-state index contributed by atoms with van der Waals surface area (Å²) in [4.78, 5) is 0. The van der Waals surface area contributed by atoms with Crippen molar-refractivity contribution in [3.05, 3.63) is 47.0 Å². The van der Waals surface area contributed by atoms with Gasteiger partial charge in [0.05, 0.1) is 13.2 Å². The summed E-state index contributed by atoms with van der Waals surface area (Å²) >= 11 is 2.41. The SMILES string of the molecule is ICC1=C(Cc2ccccc2)COC1. The molecule has 1 heterocycles. The van der Waals surface area contributed by atoms with Crippen molar-refractivity contribution in [3.63, 3.8) is 0 Å². The first-order chi connectivity index (χ1) is 6.90. The number of alkyl halides is 1. The van der Waals surface area contributed by atoms with Crippen molar-refractivity contribution in [1.29, 1.82) is 0 Å². The summed E-state index contributed by atoms with van der Waals surface area (Å²) in [6.07, 6.45) is 1.05. The topological polar surface area (TPSA) is 9.23 Å². The van der Waals surface area contributed by atoms with E-state index >= 15 is 0 Å². The van der Waals surface area contributed by atoms with Crippen molar-refractivity contribution in [3.8, 4) is 0 Å². The second-order valence-corrected chi connectivity index (χ2v) is 4.26. The van der Waals surface area contributed by atoms with Gasteiger partial charge in [0.15, 0.2) is 0 Å². The minimum absolute atomic E-state index is 0.827. The molecule has 0 spiro atoms. The highest BCUT2D eigenvalue weighted by Gasteiger charge is 2.13. The second-order valence-electron chi connectivity index (χ2n) is 3.50. The Hall–Kier alpha value is -0.350. The lowest BCUT2D eigenvalue weighted by molar-refractivity contribution is 0.204. The standard InChI is InChI=1S/C12H13IO/c13-7-12-9-14-8-11(12)6-10-4-2-1-3-5-10/h1-5H,6-9H2. The molecule has 0 amide bonds. The number of hydrogen-bond acceptors (Lipinski definition) is 1. The van der Waals surface area contributed by atoms with E-state index in [9.17, 15) is 0 Å². The average molecular weight is 300 g/mol. The first kappa shape index (κ1) is 10.2. The minimum Gasteiger partial charge on any atom is -0.373 e. The fourth-order valence-corrected chi connectivity index (χ4v) is 2.41. The van der Waals surface area contributed by atoms with Crippen LogP contribution in [0.25, 0.3) is 0 Å². The van der Waals surface area contributed by atoms with Gasteiger partial charge in [-0.3, -0.25) is 0 Å². The molecule has 0 aliphatic carbocycles. The molecule has 2 rings (SSSR count). The largest absolute Gasteiger partial charge is 0.373 e. The molecule has 1 nitrogen and oxygen atoms in total. The van der Waals surface area contributed by atoms with E-state index in [1.54, 1.807) is 0 Å². The molecule has 0 fully saturated rings. The van der Waals surface area contributed by atoms with Crippen LogP contribution in [0.4, 0.5) is 0 Å². The third-order valence-corrected chi connectivity index (χ3v) is 3.39. The Morgan fingerprint density at radius 3 is 2.50 bits per heavy atom. The Balaban J connectivity index is 2.11. The van der Waals surface area contributed by atoms with Crippen LogP contribution in [0.5, 0.6) is 0 Å². The maximum atomic E-state index is 5.45. The number of rotatable bonds is 3. The molecule has 0 saturated heterocycles. The van der Waals surface area contributed by atoms with Crippen molar-refractivity contribution in [2.75, 3.05) is 17.6 Å². The number of benzene rings is 1. The monoisotopic (exact) mass is 300 g/mol. The highest BCUT2D eigenvalue weighted by Crippen LogP contribution is 2.20. The van der Waals surface area contributed by atoms with Gasteiger partial charge in [-0.25, -0.2) is 0 Å². The molecule has 0 unspecified atom stereocenters. The Kier molecular flexibility index (Phi) is 3.59. The molecule has 2 heteroatoms. The summed E-state index contributed by atoms with van der Waals surface area (Å²) in [5, 5.41) is 0. The first-order valence-electron chi connectivity index (χ1n) is 4.77. The molecule has 0 atom stereocenters. The van der Waals surface area contributed by atoms with Gasteiger partial charge in [-0.2, -0.15) is 0 Å². The number of ether oxygens (including phenoxy) is 1. The summed E-state index contributed by atoms with van der Waals surface area (Å²) < 4.78 is 6.55. The molecule has 0 radical (unpaired) electrons. The molecular formula is C12H13IO. The first-order valence-corrected chi connectivity index (χ1v) is 6.30. The van der Waals surface area contributed by atoms with E-state index in [0.29, 0.717) is 0 Å². The lowest BCUT2D eigenvalue weighted by Gasteiger charge is -2.03. The van der Waals surface area contributed by atoms with Crippen LogP contribution in [0, 0.1) is 0 Å². The number of hydrogen-bond donors (Lipinski definition) is 0. The van der Waals surface area contributed by atoms with E-state index in [2.05, 4.69) is 52.9 Å².